The topological polar surface area (TPSA) is 49.4 Å². The van der Waals surface area contributed by atoms with Crippen LogP contribution in [-0.2, 0) is 21.9 Å². The van der Waals surface area contributed by atoms with Gasteiger partial charge in [0.1, 0.15) is 11.9 Å². The van der Waals surface area contributed by atoms with Crippen molar-refractivity contribution in [3.8, 4) is 0 Å². The Morgan fingerprint density at radius 1 is 1.03 bits per heavy atom. The van der Waals surface area contributed by atoms with Crippen molar-refractivity contribution in [1.29, 1.82) is 0 Å². The van der Waals surface area contributed by atoms with Crippen LogP contribution >= 0.6 is 11.8 Å². The first-order valence-corrected chi connectivity index (χ1v) is 12.0. The van der Waals surface area contributed by atoms with Crippen molar-refractivity contribution in [2.24, 2.45) is 0 Å². The summed E-state index contributed by atoms with van der Waals surface area (Å²) in [5.41, 5.74) is 3.17. The number of aryl methyl sites for hydroxylation is 1. The van der Waals surface area contributed by atoms with E-state index in [4.69, 9.17) is 0 Å². The van der Waals surface area contributed by atoms with Crippen LogP contribution in [0.1, 0.15) is 49.8 Å². The fourth-order valence-corrected chi connectivity index (χ4v) is 4.11. The van der Waals surface area contributed by atoms with Gasteiger partial charge in [-0.15, -0.1) is 11.8 Å². The van der Waals surface area contributed by atoms with Gasteiger partial charge in [0.2, 0.25) is 11.8 Å². The molecule has 1 atom stereocenters. The molecule has 0 saturated heterocycles. The zero-order valence-corrected chi connectivity index (χ0v) is 19.5. The Bertz CT molecular complexity index is 824. The smallest absolute Gasteiger partial charge is 0.242 e. The molecule has 2 amide bonds. The Balaban J connectivity index is 2.08. The number of unbranched alkanes of at least 4 members (excludes halogenated alkanes) is 1. The van der Waals surface area contributed by atoms with Crippen LogP contribution in [0.15, 0.2) is 48.5 Å². The molecule has 0 bridgehead atoms. The molecule has 2 aromatic rings. The monoisotopic (exact) mass is 444 g/mol. The molecule has 0 aromatic heterocycles. The van der Waals surface area contributed by atoms with Crippen molar-refractivity contribution in [3.63, 3.8) is 0 Å². The molecular weight excluding hydrogens is 411 g/mol. The van der Waals surface area contributed by atoms with E-state index in [2.05, 4.69) is 36.5 Å². The summed E-state index contributed by atoms with van der Waals surface area (Å²) >= 11 is 1.54. The second-order valence-electron chi connectivity index (χ2n) is 7.70. The Hall–Kier alpha value is -2.34. The lowest BCUT2D eigenvalue weighted by molar-refractivity contribution is -0.139. The van der Waals surface area contributed by atoms with Gasteiger partial charge in [0.15, 0.2) is 0 Å². The molecule has 0 fully saturated rings. The number of nitrogens with one attached hydrogen (secondary N) is 1. The number of hydrogen-bond donors (Lipinski definition) is 1. The summed E-state index contributed by atoms with van der Waals surface area (Å²) in [5.74, 6) is 0.484. The first-order chi connectivity index (χ1) is 14.9. The highest BCUT2D eigenvalue weighted by Crippen LogP contribution is 2.18. The summed E-state index contributed by atoms with van der Waals surface area (Å²) in [7, 11) is 0. The van der Waals surface area contributed by atoms with E-state index in [0.29, 0.717) is 13.0 Å². The SMILES string of the molecule is CCCCNC(=O)[C@H](CC)N(Cc1ccc(F)cc1)C(=O)CSCc1ccc(C)cc1. The molecule has 0 heterocycles. The number of rotatable bonds is 12. The summed E-state index contributed by atoms with van der Waals surface area (Å²) < 4.78 is 13.3. The third-order valence-electron chi connectivity index (χ3n) is 5.10. The molecule has 2 aromatic carbocycles. The van der Waals surface area contributed by atoms with E-state index in [1.807, 2.05) is 13.8 Å². The summed E-state index contributed by atoms with van der Waals surface area (Å²) in [4.78, 5) is 27.6. The minimum absolute atomic E-state index is 0.0843. The fourth-order valence-electron chi connectivity index (χ4n) is 3.24. The maximum absolute atomic E-state index is 13.3. The minimum Gasteiger partial charge on any atom is -0.354 e. The predicted molar refractivity (Wildman–Crippen MR) is 126 cm³/mol. The third kappa shape index (κ3) is 8.37. The normalized spacial score (nSPS) is 11.7. The highest BCUT2D eigenvalue weighted by Gasteiger charge is 2.28. The minimum atomic E-state index is -0.547. The molecule has 1 N–H and O–H groups in total. The van der Waals surface area contributed by atoms with Gasteiger partial charge in [-0.05, 0) is 43.0 Å². The summed E-state index contributed by atoms with van der Waals surface area (Å²) in [6, 6.07) is 13.8. The van der Waals surface area contributed by atoms with Crippen LogP contribution in [0.4, 0.5) is 4.39 Å². The van der Waals surface area contributed by atoms with Crippen LogP contribution in [0.3, 0.4) is 0 Å². The van der Waals surface area contributed by atoms with Crippen molar-refractivity contribution in [1.82, 2.24) is 10.2 Å². The van der Waals surface area contributed by atoms with Crippen molar-refractivity contribution in [2.75, 3.05) is 12.3 Å². The first-order valence-electron chi connectivity index (χ1n) is 10.9. The second-order valence-corrected chi connectivity index (χ2v) is 8.68. The van der Waals surface area contributed by atoms with E-state index in [1.165, 1.54) is 29.5 Å². The third-order valence-corrected chi connectivity index (χ3v) is 6.09. The van der Waals surface area contributed by atoms with E-state index in [-0.39, 0.29) is 29.9 Å². The van der Waals surface area contributed by atoms with Crippen LogP contribution in [0, 0.1) is 12.7 Å². The maximum atomic E-state index is 13.3. The lowest BCUT2D eigenvalue weighted by Gasteiger charge is -2.30. The largest absolute Gasteiger partial charge is 0.354 e. The Morgan fingerprint density at radius 2 is 1.68 bits per heavy atom. The standard InChI is InChI=1S/C25H33FN2O2S/c1-4-6-15-27-25(30)23(5-2)28(16-20-11-13-22(26)14-12-20)24(29)18-31-17-21-9-7-19(3)8-10-21/h7-14,23H,4-6,15-18H2,1-3H3,(H,27,30)/t23-/m0/s1. The van der Waals surface area contributed by atoms with Gasteiger partial charge in [-0.25, -0.2) is 4.39 Å². The number of amides is 2. The molecule has 2 rings (SSSR count). The molecule has 4 nitrogen and oxygen atoms in total. The van der Waals surface area contributed by atoms with Crippen molar-refractivity contribution in [2.45, 2.75) is 58.4 Å². The van der Waals surface area contributed by atoms with Gasteiger partial charge in [0.05, 0.1) is 5.75 Å². The summed E-state index contributed by atoms with van der Waals surface area (Å²) in [5, 5.41) is 2.95. The lowest BCUT2D eigenvalue weighted by Crippen LogP contribution is -2.49. The number of carbonyl (C=O) groups excluding carboxylic acids is 2. The summed E-state index contributed by atoms with van der Waals surface area (Å²) in [6.07, 6.45) is 2.42. The second kappa shape index (κ2) is 13.2. The van der Waals surface area contributed by atoms with Crippen LogP contribution in [0.25, 0.3) is 0 Å². The van der Waals surface area contributed by atoms with Crippen LogP contribution in [-0.4, -0.2) is 35.1 Å². The fraction of sp³-hybridized carbons (Fsp3) is 0.440. The van der Waals surface area contributed by atoms with Gasteiger partial charge in [0.25, 0.3) is 0 Å². The van der Waals surface area contributed by atoms with Crippen LogP contribution in [0.5, 0.6) is 0 Å². The van der Waals surface area contributed by atoms with Gasteiger partial charge in [-0.1, -0.05) is 62.2 Å². The number of nitrogens with zero attached hydrogens (tertiary/aromatic N) is 1. The molecule has 0 saturated carbocycles. The van der Waals surface area contributed by atoms with E-state index >= 15 is 0 Å². The van der Waals surface area contributed by atoms with Crippen molar-refractivity contribution in [3.05, 3.63) is 71.0 Å². The maximum Gasteiger partial charge on any atom is 0.242 e. The number of halogens is 1. The molecule has 0 radical (unpaired) electrons. The number of hydrogen-bond acceptors (Lipinski definition) is 3. The Kier molecular flexibility index (Phi) is 10.6. The lowest BCUT2D eigenvalue weighted by atomic mass is 10.1. The van der Waals surface area contributed by atoms with E-state index in [1.54, 1.807) is 17.0 Å². The quantitative estimate of drug-likeness (QED) is 0.464. The molecule has 0 aliphatic heterocycles. The number of carbonyl (C=O) groups is 2. The Labute approximate surface area is 189 Å². The molecule has 168 valence electrons. The average Bonchev–Trinajstić information content (AvgIpc) is 2.76. The van der Waals surface area contributed by atoms with E-state index in [0.717, 1.165) is 29.7 Å². The molecule has 6 heteroatoms. The van der Waals surface area contributed by atoms with Gasteiger partial charge in [0, 0.05) is 18.8 Å². The molecule has 0 spiro atoms. The van der Waals surface area contributed by atoms with Crippen molar-refractivity contribution < 1.29 is 14.0 Å². The first kappa shape index (κ1) is 24.9. The molecule has 31 heavy (non-hydrogen) atoms. The molecular formula is C25H33FN2O2S. The highest BCUT2D eigenvalue weighted by molar-refractivity contribution is 7.99. The van der Waals surface area contributed by atoms with E-state index < -0.39 is 6.04 Å². The summed E-state index contributed by atoms with van der Waals surface area (Å²) in [6.45, 7) is 6.91. The van der Waals surface area contributed by atoms with Gasteiger partial charge < -0.3 is 10.2 Å². The number of thioether (sulfide) groups is 1. The predicted octanol–water partition coefficient (Wildman–Crippen LogP) is 5.09. The zero-order chi connectivity index (χ0) is 22.6. The molecule has 0 aliphatic carbocycles. The van der Waals surface area contributed by atoms with Gasteiger partial charge in [-0.3, -0.25) is 9.59 Å². The van der Waals surface area contributed by atoms with Gasteiger partial charge in [-0.2, -0.15) is 0 Å². The van der Waals surface area contributed by atoms with Crippen molar-refractivity contribution >= 4 is 23.6 Å². The van der Waals surface area contributed by atoms with Crippen LogP contribution in [0.2, 0.25) is 0 Å². The highest BCUT2D eigenvalue weighted by atomic mass is 32.2. The average molecular weight is 445 g/mol. The van der Waals surface area contributed by atoms with E-state index in [9.17, 15) is 14.0 Å². The zero-order valence-electron chi connectivity index (χ0n) is 18.7. The Morgan fingerprint density at radius 3 is 2.29 bits per heavy atom. The molecule has 0 aliphatic rings. The van der Waals surface area contributed by atoms with Gasteiger partial charge >= 0.3 is 0 Å². The molecule has 0 unspecified atom stereocenters. The number of benzene rings is 2. The van der Waals surface area contributed by atoms with Crippen LogP contribution < -0.4 is 5.32 Å².